The number of aromatic nitrogens is 5. The van der Waals surface area contributed by atoms with E-state index in [0.717, 1.165) is 22.3 Å². The molecule has 2 bridgehead atoms. The van der Waals surface area contributed by atoms with Crippen LogP contribution < -0.4 is 20.4 Å². The molecule has 8 rings (SSSR count). The number of amides is 3. The summed E-state index contributed by atoms with van der Waals surface area (Å²) in [5.41, 5.74) is 3.63. The van der Waals surface area contributed by atoms with Crippen molar-refractivity contribution >= 4 is 48.3 Å². The number of aliphatic imine (C=N–C) groups is 1. The summed E-state index contributed by atoms with van der Waals surface area (Å²) in [6.45, 7) is 1.44. The van der Waals surface area contributed by atoms with Crippen molar-refractivity contribution in [2.45, 2.75) is 38.0 Å². The van der Waals surface area contributed by atoms with Crippen LogP contribution >= 0.6 is 0 Å². The lowest BCUT2D eigenvalue weighted by atomic mass is 10.1. The van der Waals surface area contributed by atoms with E-state index in [1.54, 1.807) is 77.9 Å². The van der Waals surface area contributed by atoms with Crippen LogP contribution in [-0.2, 0) is 17.5 Å². The number of carbonyl (C=O) groups excluding carboxylic acids is 2. The lowest BCUT2D eigenvalue weighted by Crippen LogP contribution is -2.48. The zero-order valence-corrected chi connectivity index (χ0v) is 29.5. The molecule has 3 aliphatic heterocycles. The first-order chi connectivity index (χ1) is 27.0. The van der Waals surface area contributed by atoms with Crippen LogP contribution in [0.4, 0.5) is 43.8 Å². The Bertz CT molecular complexity index is 2400. The van der Waals surface area contributed by atoms with Crippen molar-refractivity contribution in [2.75, 3.05) is 28.2 Å². The molecular formula is C38H32BF5N10O2. The maximum Gasteiger partial charge on any atom is 0.677 e. The number of anilines is 3. The third-order valence-electron chi connectivity index (χ3n) is 9.67. The first-order valence-electron chi connectivity index (χ1n) is 17.7. The fourth-order valence-electron chi connectivity index (χ4n) is 6.92. The van der Waals surface area contributed by atoms with Gasteiger partial charge >= 0.3 is 19.6 Å². The van der Waals surface area contributed by atoms with Crippen LogP contribution in [0.25, 0.3) is 23.0 Å². The number of pyridine rings is 1. The van der Waals surface area contributed by atoms with E-state index >= 15 is 0 Å². The number of benzene rings is 2. The highest BCUT2D eigenvalue weighted by Gasteiger charge is 2.40. The fourth-order valence-corrected chi connectivity index (χ4v) is 6.92. The SMILES string of the molecule is O=C(CCC1=NC(=Cc2cccn2B(F)F)C=C1)NCc1cn(-c2cccc(NC(=O)N3c4nc(-c5cccc(C(F)(F)F)c5)ccc4N4CC[C@H]3C4)c2)nn1. The van der Waals surface area contributed by atoms with E-state index in [0.29, 0.717) is 77.2 Å². The van der Waals surface area contributed by atoms with Gasteiger partial charge in [0, 0.05) is 42.2 Å². The molecule has 0 radical (unpaired) electrons. The van der Waals surface area contributed by atoms with Gasteiger partial charge in [-0.05, 0) is 91.9 Å². The Morgan fingerprint density at radius 2 is 1.86 bits per heavy atom. The molecule has 3 aliphatic rings. The Morgan fingerprint density at radius 3 is 2.70 bits per heavy atom. The normalized spacial score (nSPS) is 16.6. The van der Waals surface area contributed by atoms with Gasteiger partial charge in [0.05, 0.1) is 47.1 Å². The number of urea groups is 1. The number of alkyl halides is 3. The second-order valence-electron chi connectivity index (χ2n) is 13.4. The molecule has 3 amide bonds. The molecular weight excluding hydrogens is 734 g/mol. The van der Waals surface area contributed by atoms with Crippen molar-refractivity contribution in [3.63, 3.8) is 0 Å². The molecule has 0 aliphatic carbocycles. The van der Waals surface area contributed by atoms with E-state index in [1.807, 2.05) is 0 Å². The van der Waals surface area contributed by atoms with Gasteiger partial charge in [0.15, 0.2) is 5.82 Å². The number of carbonyl (C=O) groups is 2. The predicted octanol–water partition coefficient (Wildman–Crippen LogP) is 7.00. The molecule has 1 atom stereocenters. The van der Waals surface area contributed by atoms with E-state index in [4.69, 9.17) is 4.98 Å². The summed E-state index contributed by atoms with van der Waals surface area (Å²) >= 11 is 0. The maximum absolute atomic E-state index is 13.9. The predicted molar refractivity (Wildman–Crippen MR) is 202 cm³/mol. The smallest absolute Gasteiger partial charge is 0.366 e. The largest absolute Gasteiger partial charge is 0.677 e. The second kappa shape index (κ2) is 14.9. The third kappa shape index (κ3) is 7.67. The third-order valence-corrected chi connectivity index (χ3v) is 9.67. The summed E-state index contributed by atoms with van der Waals surface area (Å²) in [7, 11) is -2.66. The van der Waals surface area contributed by atoms with Crippen molar-refractivity contribution < 1.29 is 31.4 Å². The standard InChI is InChI=1S/C38H32BF5N10O2/c40-38(41,42)25-5-1-4-24(18-25)33-12-13-34-36(48-33)54(32-15-17-51(34)23-32)37(56)47-27-6-2-7-31(20-27)53-22-29(49-50-53)21-45-35(55)14-11-26-9-10-28(46-26)19-30-8-3-16-52(30)39(43)44/h1-10,12-13,16,18-20,22,32H,11,14-15,17,21,23H2,(H,45,55)(H,47,56)/t32-/m0/s1. The molecule has 2 N–H and O–H groups in total. The lowest BCUT2D eigenvalue weighted by molar-refractivity contribution is -0.137. The average Bonchev–Trinajstić information content (AvgIpc) is 4.02. The van der Waals surface area contributed by atoms with Gasteiger partial charge in [0.25, 0.3) is 0 Å². The monoisotopic (exact) mass is 766 g/mol. The average molecular weight is 767 g/mol. The number of allylic oxidation sites excluding steroid dienone is 2. The van der Waals surface area contributed by atoms with Gasteiger partial charge in [-0.3, -0.25) is 23.3 Å². The Morgan fingerprint density at radius 1 is 1.00 bits per heavy atom. The highest BCUT2D eigenvalue weighted by atomic mass is 19.4. The first-order valence-corrected chi connectivity index (χ1v) is 17.7. The zero-order valence-electron chi connectivity index (χ0n) is 29.5. The Balaban J connectivity index is 0.892. The minimum Gasteiger partial charge on any atom is -0.366 e. The van der Waals surface area contributed by atoms with Crippen molar-refractivity contribution in [2.24, 2.45) is 4.99 Å². The molecule has 18 heteroatoms. The number of hydrogen-bond donors (Lipinski definition) is 2. The van der Waals surface area contributed by atoms with Crippen LogP contribution in [-0.4, -0.2) is 68.6 Å². The van der Waals surface area contributed by atoms with Crippen molar-refractivity contribution in [3.05, 3.63) is 120 Å². The van der Waals surface area contributed by atoms with E-state index in [2.05, 4.69) is 30.8 Å². The van der Waals surface area contributed by atoms with Gasteiger partial charge in [-0.15, -0.1) is 5.10 Å². The van der Waals surface area contributed by atoms with Crippen molar-refractivity contribution in [1.29, 1.82) is 0 Å². The van der Waals surface area contributed by atoms with Gasteiger partial charge in [0.1, 0.15) is 5.69 Å². The number of hydrogen-bond acceptors (Lipinski definition) is 7. The molecule has 1 fully saturated rings. The van der Waals surface area contributed by atoms with Gasteiger partial charge in [0.2, 0.25) is 5.91 Å². The molecule has 5 aromatic rings. The van der Waals surface area contributed by atoms with E-state index in [1.165, 1.54) is 23.0 Å². The molecule has 3 aromatic heterocycles. The Hall–Kier alpha value is -6.59. The van der Waals surface area contributed by atoms with Crippen LogP contribution in [0.1, 0.15) is 36.2 Å². The zero-order chi connectivity index (χ0) is 39.0. The van der Waals surface area contributed by atoms with E-state index in [9.17, 15) is 31.4 Å². The molecule has 0 saturated carbocycles. The highest BCUT2D eigenvalue weighted by molar-refractivity contribution is 6.41. The van der Waals surface area contributed by atoms with E-state index < -0.39 is 25.2 Å². The Kier molecular flexibility index (Phi) is 9.70. The van der Waals surface area contributed by atoms with Gasteiger partial charge in [-0.2, -0.15) is 13.2 Å². The molecule has 12 nitrogen and oxygen atoms in total. The molecule has 0 spiro atoms. The van der Waals surface area contributed by atoms with Crippen LogP contribution in [0, 0.1) is 0 Å². The second-order valence-corrected chi connectivity index (χ2v) is 13.4. The molecule has 56 heavy (non-hydrogen) atoms. The van der Waals surface area contributed by atoms with Crippen LogP contribution in [0.5, 0.6) is 0 Å². The minimum absolute atomic E-state index is 0.121. The van der Waals surface area contributed by atoms with Crippen molar-refractivity contribution in [1.82, 2.24) is 29.8 Å². The number of rotatable bonds is 10. The summed E-state index contributed by atoms with van der Waals surface area (Å²) in [4.78, 5) is 39.4. The number of nitrogens with zero attached hydrogens (tertiary/aromatic N) is 8. The fraction of sp³-hybridized carbons (Fsp3) is 0.211. The summed E-state index contributed by atoms with van der Waals surface area (Å²) in [5.74, 6) is 0.142. The molecule has 284 valence electrons. The summed E-state index contributed by atoms with van der Waals surface area (Å²) in [6, 6.07) is 17.9. The van der Waals surface area contributed by atoms with Crippen LogP contribution in [0.15, 0.2) is 108 Å². The Labute approximate surface area is 317 Å². The van der Waals surface area contributed by atoms with Crippen molar-refractivity contribution in [3.8, 4) is 16.9 Å². The van der Waals surface area contributed by atoms with Gasteiger partial charge < -0.3 is 20.0 Å². The summed E-state index contributed by atoms with van der Waals surface area (Å²) in [6.07, 6.45) is 4.68. The lowest BCUT2D eigenvalue weighted by Gasteiger charge is -2.36. The number of fused-ring (bicyclic) bond motifs is 4. The molecule has 2 aromatic carbocycles. The quantitative estimate of drug-likeness (QED) is 0.117. The highest BCUT2D eigenvalue weighted by Crippen LogP contribution is 2.41. The number of nitrogens with one attached hydrogen (secondary N) is 2. The van der Waals surface area contributed by atoms with E-state index in [-0.39, 0.29) is 24.9 Å². The van der Waals surface area contributed by atoms with Crippen LogP contribution in [0.2, 0.25) is 0 Å². The van der Waals surface area contributed by atoms with Gasteiger partial charge in [-0.1, -0.05) is 23.4 Å². The maximum atomic E-state index is 13.9. The molecule has 6 heterocycles. The summed E-state index contributed by atoms with van der Waals surface area (Å²) in [5, 5.41) is 14.1. The molecule has 0 unspecified atom stereocenters. The minimum atomic E-state index is -4.51. The molecule has 1 saturated heterocycles. The van der Waals surface area contributed by atoms with Gasteiger partial charge in [-0.25, -0.2) is 14.5 Å². The number of halogens is 5. The first kappa shape index (κ1) is 36.4. The topological polar surface area (TPSA) is 126 Å². The van der Waals surface area contributed by atoms with Crippen LogP contribution in [0.3, 0.4) is 0 Å². The summed E-state index contributed by atoms with van der Waals surface area (Å²) < 4.78 is 69.0.